The Balaban J connectivity index is 1.83. The molecule has 0 aliphatic heterocycles. The number of ether oxygens (including phenoxy) is 1. The molecule has 1 aromatic heterocycles. The van der Waals surface area contributed by atoms with E-state index in [9.17, 15) is 25.0 Å². The van der Waals surface area contributed by atoms with Crippen LogP contribution >= 0.6 is 0 Å². The van der Waals surface area contributed by atoms with Crippen molar-refractivity contribution in [3.8, 4) is 17.1 Å². The number of nitro benzene ring substituents is 2. The maximum absolute atomic E-state index is 12.2. The van der Waals surface area contributed by atoms with Crippen LogP contribution in [0.15, 0.2) is 60.7 Å². The molecular weight excluding hydrogens is 356 g/mol. The summed E-state index contributed by atoms with van der Waals surface area (Å²) in [6, 6.07) is 14.7. The van der Waals surface area contributed by atoms with Crippen molar-refractivity contribution in [3.05, 3.63) is 86.5 Å². The van der Waals surface area contributed by atoms with E-state index >= 15 is 0 Å². The first-order valence-electron chi connectivity index (χ1n) is 7.49. The molecule has 0 N–H and O–H groups in total. The number of non-ortho nitro benzene ring substituents is 2. The fourth-order valence-electron chi connectivity index (χ4n) is 2.22. The molecule has 0 unspecified atom stereocenters. The number of hydrogen-bond acceptors (Lipinski definition) is 8. The van der Waals surface area contributed by atoms with Crippen LogP contribution in [0.1, 0.15) is 10.4 Å². The Labute approximate surface area is 151 Å². The fourth-order valence-corrected chi connectivity index (χ4v) is 2.22. The number of nitro groups is 2. The molecule has 0 aliphatic rings. The van der Waals surface area contributed by atoms with E-state index in [-0.39, 0.29) is 11.4 Å². The lowest BCUT2D eigenvalue weighted by Crippen LogP contribution is -2.11. The molecule has 0 atom stereocenters. The van der Waals surface area contributed by atoms with Crippen LogP contribution in [0.25, 0.3) is 11.3 Å². The van der Waals surface area contributed by atoms with Gasteiger partial charge in [0.1, 0.15) is 0 Å². The van der Waals surface area contributed by atoms with E-state index in [0.29, 0.717) is 5.69 Å². The van der Waals surface area contributed by atoms with Crippen LogP contribution in [0, 0.1) is 20.2 Å². The normalized spacial score (nSPS) is 10.2. The van der Waals surface area contributed by atoms with Crippen molar-refractivity contribution in [1.82, 2.24) is 10.2 Å². The number of aromatic nitrogens is 2. The number of carbonyl (C=O) groups is 1. The zero-order chi connectivity index (χ0) is 19.4. The van der Waals surface area contributed by atoms with Gasteiger partial charge in [-0.3, -0.25) is 20.2 Å². The minimum atomic E-state index is -1.02. The molecule has 0 amide bonds. The van der Waals surface area contributed by atoms with E-state index in [0.717, 1.165) is 23.8 Å². The monoisotopic (exact) mass is 366 g/mol. The molecule has 134 valence electrons. The molecule has 2 aromatic carbocycles. The summed E-state index contributed by atoms with van der Waals surface area (Å²) in [6.07, 6.45) is 0. The molecule has 0 fully saturated rings. The molecule has 0 saturated carbocycles. The largest absolute Gasteiger partial charge is 0.402 e. The summed E-state index contributed by atoms with van der Waals surface area (Å²) >= 11 is 0. The van der Waals surface area contributed by atoms with E-state index < -0.39 is 27.2 Å². The summed E-state index contributed by atoms with van der Waals surface area (Å²) in [6.45, 7) is 0. The molecule has 10 nitrogen and oxygen atoms in total. The first-order valence-corrected chi connectivity index (χ1v) is 7.49. The Hall–Kier alpha value is -4.21. The van der Waals surface area contributed by atoms with Gasteiger partial charge in [0.25, 0.3) is 11.4 Å². The molecule has 0 saturated heterocycles. The van der Waals surface area contributed by atoms with Gasteiger partial charge in [0, 0.05) is 23.8 Å². The van der Waals surface area contributed by atoms with Gasteiger partial charge in [0.15, 0.2) is 0 Å². The third-order valence-electron chi connectivity index (χ3n) is 3.47. The fraction of sp³-hybridized carbons (Fsp3) is 0. The molecule has 0 bridgehead atoms. The van der Waals surface area contributed by atoms with Gasteiger partial charge >= 0.3 is 5.97 Å². The molecule has 27 heavy (non-hydrogen) atoms. The van der Waals surface area contributed by atoms with Crippen LogP contribution in [-0.2, 0) is 0 Å². The molecule has 3 aromatic rings. The lowest BCUT2D eigenvalue weighted by Gasteiger charge is -2.04. The van der Waals surface area contributed by atoms with Gasteiger partial charge in [0.2, 0.25) is 5.88 Å². The molecule has 0 spiro atoms. The number of hydrogen-bond donors (Lipinski definition) is 0. The van der Waals surface area contributed by atoms with Crippen molar-refractivity contribution < 1.29 is 19.4 Å². The van der Waals surface area contributed by atoms with Crippen LogP contribution in [0.5, 0.6) is 5.88 Å². The second kappa shape index (κ2) is 7.35. The van der Waals surface area contributed by atoms with Crippen molar-refractivity contribution >= 4 is 17.3 Å². The van der Waals surface area contributed by atoms with Gasteiger partial charge in [-0.05, 0) is 6.07 Å². The number of benzene rings is 2. The predicted octanol–water partition coefficient (Wildman–Crippen LogP) is 3.18. The Morgan fingerprint density at radius 3 is 2.00 bits per heavy atom. The standard InChI is InChI=1S/C17H10N4O6/c22-17(12-8-13(20(23)24)10-14(9-12)21(25)26)27-16-7-6-15(18-19-16)11-4-2-1-3-5-11/h1-10H. The van der Waals surface area contributed by atoms with Crippen LogP contribution in [0.4, 0.5) is 11.4 Å². The van der Waals surface area contributed by atoms with Gasteiger partial charge in [-0.25, -0.2) is 4.79 Å². The minimum Gasteiger partial charge on any atom is -0.402 e. The van der Waals surface area contributed by atoms with Crippen molar-refractivity contribution in [3.63, 3.8) is 0 Å². The van der Waals surface area contributed by atoms with E-state index in [1.165, 1.54) is 6.07 Å². The average molecular weight is 366 g/mol. The Kier molecular flexibility index (Phi) is 4.79. The van der Waals surface area contributed by atoms with Crippen molar-refractivity contribution in [2.75, 3.05) is 0 Å². The molecular formula is C17H10N4O6. The van der Waals surface area contributed by atoms with Crippen LogP contribution in [-0.4, -0.2) is 26.0 Å². The highest BCUT2D eigenvalue weighted by atomic mass is 16.6. The quantitative estimate of drug-likeness (QED) is 0.381. The van der Waals surface area contributed by atoms with Crippen LogP contribution in [0.3, 0.4) is 0 Å². The molecule has 3 rings (SSSR count). The second-order valence-electron chi connectivity index (χ2n) is 5.26. The van der Waals surface area contributed by atoms with Gasteiger partial charge in [-0.1, -0.05) is 30.3 Å². The van der Waals surface area contributed by atoms with E-state index in [2.05, 4.69) is 10.2 Å². The van der Waals surface area contributed by atoms with Crippen molar-refractivity contribution in [2.45, 2.75) is 0 Å². The van der Waals surface area contributed by atoms with Crippen molar-refractivity contribution in [2.24, 2.45) is 0 Å². The maximum Gasteiger partial charge on any atom is 0.345 e. The van der Waals surface area contributed by atoms with Gasteiger partial charge in [-0.15, -0.1) is 10.2 Å². The number of carbonyl (C=O) groups excluding carboxylic acids is 1. The molecule has 1 heterocycles. The van der Waals surface area contributed by atoms with Gasteiger partial charge < -0.3 is 4.74 Å². The second-order valence-corrected chi connectivity index (χ2v) is 5.26. The maximum atomic E-state index is 12.2. The predicted molar refractivity (Wildman–Crippen MR) is 92.2 cm³/mol. The average Bonchev–Trinajstić information content (AvgIpc) is 2.68. The third kappa shape index (κ3) is 4.07. The summed E-state index contributed by atoms with van der Waals surface area (Å²) in [5.41, 5.74) is -0.160. The lowest BCUT2D eigenvalue weighted by molar-refractivity contribution is -0.394. The highest BCUT2D eigenvalue weighted by Crippen LogP contribution is 2.24. The topological polar surface area (TPSA) is 138 Å². The summed E-state index contributed by atoms with van der Waals surface area (Å²) in [5, 5.41) is 29.5. The summed E-state index contributed by atoms with van der Waals surface area (Å²) in [5.74, 6) is -1.17. The number of esters is 1. The highest BCUT2D eigenvalue weighted by molar-refractivity contribution is 5.92. The van der Waals surface area contributed by atoms with Gasteiger partial charge in [0.05, 0.1) is 27.2 Å². The highest BCUT2D eigenvalue weighted by Gasteiger charge is 2.21. The third-order valence-corrected chi connectivity index (χ3v) is 3.47. The van der Waals surface area contributed by atoms with Gasteiger partial charge in [-0.2, -0.15) is 0 Å². The van der Waals surface area contributed by atoms with Crippen LogP contribution in [0.2, 0.25) is 0 Å². The molecule has 10 heteroatoms. The summed E-state index contributed by atoms with van der Waals surface area (Å²) in [4.78, 5) is 32.3. The van der Waals surface area contributed by atoms with E-state index in [1.54, 1.807) is 6.07 Å². The smallest absolute Gasteiger partial charge is 0.345 e. The van der Waals surface area contributed by atoms with Crippen molar-refractivity contribution in [1.29, 1.82) is 0 Å². The number of rotatable bonds is 5. The van der Waals surface area contributed by atoms with Crippen LogP contribution < -0.4 is 4.74 Å². The number of nitrogens with zero attached hydrogens (tertiary/aromatic N) is 4. The molecule has 0 aliphatic carbocycles. The Morgan fingerprint density at radius 1 is 0.852 bits per heavy atom. The first-order chi connectivity index (χ1) is 12.9. The van der Waals surface area contributed by atoms with E-state index in [4.69, 9.17) is 4.74 Å². The zero-order valence-electron chi connectivity index (χ0n) is 13.5. The summed E-state index contributed by atoms with van der Waals surface area (Å²) in [7, 11) is 0. The Bertz CT molecular complexity index is 989. The summed E-state index contributed by atoms with van der Waals surface area (Å²) < 4.78 is 5.00. The zero-order valence-corrected chi connectivity index (χ0v) is 13.5. The Morgan fingerprint density at radius 2 is 1.48 bits per heavy atom. The van der Waals surface area contributed by atoms with E-state index in [1.807, 2.05) is 30.3 Å². The molecule has 0 radical (unpaired) electrons. The SMILES string of the molecule is O=C(Oc1ccc(-c2ccccc2)nn1)c1cc([N+](=O)[O-])cc([N+](=O)[O-])c1. The minimum absolute atomic E-state index is 0.145. The lowest BCUT2D eigenvalue weighted by atomic mass is 10.1. The first kappa shape index (κ1) is 17.6.